The predicted octanol–water partition coefficient (Wildman–Crippen LogP) is 3.16. The van der Waals surface area contributed by atoms with Crippen molar-refractivity contribution in [2.24, 2.45) is 0 Å². The second kappa shape index (κ2) is 6.13. The summed E-state index contributed by atoms with van der Waals surface area (Å²) in [4.78, 5) is 1.07. The Morgan fingerprint density at radius 3 is 2.44 bits per heavy atom. The van der Waals surface area contributed by atoms with E-state index in [-0.39, 0.29) is 11.4 Å². The first-order valence-electron chi connectivity index (χ1n) is 5.74. The summed E-state index contributed by atoms with van der Waals surface area (Å²) in [5, 5.41) is 11.2. The first-order chi connectivity index (χ1) is 8.19. The lowest BCUT2D eigenvalue weighted by molar-refractivity contribution is 0.240. The van der Waals surface area contributed by atoms with Gasteiger partial charge in [-0.2, -0.15) is 0 Å². The zero-order valence-electron chi connectivity index (χ0n) is 11.1. The molecular formula is C12H20BrNO2S2. The Balaban J connectivity index is 2.98. The van der Waals surface area contributed by atoms with Crippen LogP contribution in [0.15, 0.2) is 15.9 Å². The summed E-state index contributed by atoms with van der Waals surface area (Å²) in [7, 11) is -1.17. The van der Waals surface area contributed by atoms with E-state index in [0.29, 0.717) is 6.42 Å². The zero-order valence-corrected chi connectivity index (χ0v) is 14.3. The van der Waals surface area contributed by atoms with Crippen molar-refractivity contribution < 1.29 is 9.32 Å². The Labute approximate surface area is 124 Å². The second-order valence-electron chi connectivity index (χ2n) is 5.42. The van der Waals surface area contributed by atoms with E-state index in [1.54, 1.807) is 11.3 Å². The van der Waals surface area contributed by atoms with Crippen LogP contribution in [0, 0.1) is 0 Å². The van der Waals surface area contributed by atoms with E-state index in [1.807, 2.05) is 39.1 Å². The Bertz CT molecular complexity index is 428. The standard InChI is InChI=1S/C12H20BrNO2S2/c1-11(2,3)18(16)14-12(4,5-6-15)10-7-9(13)8-17-10/h7-8,14-15H,5-6H2,1-4H3/t12-,18+/m0/s1. The Hall–Kier alpha value is 0.250. The fourth-order valence-electron chi connectivity index (χ4n) is 1.41. The summed E-state index contributed by atoms with van der Waals surface area (Å²) in [6, 6.07) is 2.01. The number of halogens is 1. The van der Waals surface area contributed by atoms with Crippen LogP contribution >= 0.6 is 27.3 Å². The summed E-state index contributed by atoms with van der Waals surface area (Å²) in [6.07, 6.45) is 0.530. The van der Waals surface area contributed by atoms with E-state index in [1.165, 1.54) is 0 Å². The molecule has 0 aromatic carbocycles. The van der Waals surface area contributed by atoms with Gasteiger partial charge in [0, 0.05) is 21.3 Å². The molecule has 1 heterocycles. The van der Waals surface area contributed by atoms with E-state index in [2.05, 4.69) is 20.7 Å². The number of hydrogen-bond donors (Lipinski definition) is 2. The molecule has 2 N–H and O–H groups in total. The molecule has 0 radical (unpaired) electrons. The van der Waals surface area contributed by atoms with Crippen LogP contribution in [0.5, 0.6) is 0 Å². The molecular weight excluding hydrogens is 334 g/mol. The molecule has 2 atom stereocenters. The van der Waals surface area contributed by atoms with Gasteiger partial charge in [0.25, 0.3) is 0 Å². The van der Waals surface area contributed by atoms with Crippen molar-refractivity contribution in [2.45, 2.75) is 44.4 Å². The molecule has 1 aromatic heterocycles. The maximum Gasteiger partial charge on any atom is 0.0978 e. The lowest BCUT2D eigenvalue weighted by Crippen LogP contribution is -2.46. The molecule has 0 aliphatic rings. The van der Waals surface area contributed by atoms with Gasteiger partial charge in [-0.05, 0) is 56.1 Å². The summed E-state index contributed by atoms with van der Waals surface area (Å²) in [5.41, 5.74) is -0.469. The summed E-state index contributed by atoms with van der Waals surface area (Å²) in [5.74, 6) is 0. The minimum absolute atomic E-state index is 0.0559. The van der Waals surface area contributed by atoms with E-state index in [4.69, 9.17) is 0 Å². The summed E-state index contributed by atoms with van der Waals surface area (Å²) >= 11 is 5.02. The second-order valence-corrected chi connectivity index (χ2v) is 9.21. The molecule has 18 heavy (non-hydrogen) atoms. The van der Waals surface area contributed by atoms with E-state index in [0.717, 1.165) is 9.35 Å². The van der Waals surface area contributed by atoms with E-state index >= 15 is 0 Å². The summed E-state index contributed by atoms with van der Waals surface area (Å²) in [6.45, 7) is 7.82. The lowest BCUT2D eigenvalue weighted by Gasteiger charge is -2.32. The minimum atomic E-state index is -1.17. The van der Waals surface area contributed by atoms with Gasteiger partial charge in [0.1, 0.15) is 0 Å². The van der Waals surface area contributed by atoms with E-state index < -0.39 is 16.5 Å². The third-order valence-electron chi connectivity index (χ3n) is 2.60. The van der Waals surface area contributed by atoms with Crippen LogP contribution in [0.4, 0.5) is 0 Å². The van der Waals surface area contributed by atoms with Gasteiger partial charge < -0.3 is 5.11 Å². The molecule has 0 spiro atoms. The van der Waals surface area contributed by atoms with Gasteiger partial charge in [-0.1, -0.05) is 0 Å². The van der Waals surface area contributed by atoms with Crippen molar-refractivity contribution >= 4 is 38.3 Å². The Morgan fingerprint density at radius 1 is 1.44 bits per heavy atom. The fourth-order valence-corrected chi connectivity index (χ4v) is 3.98. The van der Waals surface area contributed by atoms with Crippen LogP contribution in [-0.4, -0.2) is 20.7 Å². The van der Waals surface area contributed by atoms with Crippen LogP contribution in [0.3, 0.4) is 0 Å². The molecule has 0 saturated heterocycles. The molecule has 3 nitrogen and oxygen atoms in total. The monoisotopic (exact) mass is 353 g/mol. The molecule has 0 amide bonds. The van der Waals surface area contributed by atoms with E-state index in [9.17, 15) is 9.32 Å². The molecule has 1 aromatic rings. The van der Waals surface area contributed by atoms with Crippen molar-refractivity contribution in [2.75, 3.05) is 6.61 Å². The quantitative estimate of drug-likeness (QED) is 0.853. The summed E-state index contributed by atoms with van der Waals surface area (Å²) < 4.78 is 16.1. The highest BCUT2D eigenvalue weighted by Gasteiger charge is 2.33. The van der Waals surface area contributed by atoms with Gasteiger partial charge in [0.05, 0.1) is 21.3 Å². The van der Waals surface area contributed by atoms with Gasteiger partial charge in [0.2, 0.25) is 0 Å². The SMILES string of the molecule is CC(C)(C)[S@@](=O)N[C@@](C)(CCO)c1cc(Br)cs1. The van der Waals surface area contributed by atoms with Crippen molar-refractivity contribution in [1.82, 2.24) is 4.72 Å². The number of rotatable bonds is 5. The van der Waals surface area contributed by atoms with Crippen molar-refractivity contribution in [3.8, 4) is 0 Å². The first kappa shape index (κ1) is 16.3. The van der Waals surface area contributed by atoms with Crippen molar-refractivity contribution in [3.63, 3.8) is 0 Å². The van der Waals surface area contributed by atoms with Gasteiger partial charge in [-0.15, -0.1) is 11.3 Å². The third kappa shape index (κ3) is 4.13. The maximum absolute atomic E-state index is 12.2. The van der Waals surface area contributed by atoms with Crippen LogP contribution < -0.4 is 4.72 Å². The Morgan fingerprint density at radius 2 is 2.06 bits per heavy atom. The minimum Gasteiger partial charge on any atom is -0.396 e. The smallest absolute Gasteiger partial charge is 0.0978 e. The normalized spacial score (nSPS) is 17.4. The number of aliphatic hydroxyl groups excluding tert-OH is 1. The van der Waals surface area contributed by atoms with Gasteiger partial charge >= 0.3 is 0 Å². The molecule has 6 heteroatoms. The highest BCUT2D eigenvalue weighted by molar-refractivity contribution is 9.10. The van der Waals surface area contributed by atoms with Crippen LogP contribution in [0.2, 0.25) is 0 Å². The number of thiophene rings is 1. The van der Waals surface area contributed by atoms with Crippen LogP contribution in [-0.2, 0) is 16.5 Å². The first-order valence-corrected chi connectivity index (χ1v) is 8.56. The van der Waals surface area contributed by atoms with Gasteiger partial charge in [-0.3, -0.25) is 0 Å². The zero-order chi connectivity index (χ0) is 14.0. The average Bonchev–Trinajstić information content (AvgIpc) is 2.64. The van der Waals surface area contributed by atoms with Crippen molar-refractivity contribution in [1.29, 1.82) is 0 Å². The fraction of sp³-hybridized carbons (Fsp3) is 0.667. The topological polar surface area (TPSA) is 49.3 Å². The maximum atomic E-state index is 12.2. The highest BCUT2D eigenvalue weighted by atomic mass is 79.9. The van der Waals surface area contributed by atoms with Gasteiger partial charge in [0.15, 0.2) is 0 Å². The van der Waals surface area contributed by atoms with Crippen LogP contribution in [0.25, 0.3) is 0 Å². The highest BCUT2D eigenvalue weighted by Crippen LogP contribution is 2.33. The number of hydrogen-bond acceptors (Lipinski definition) is 3. The largest absolute Gasteiger partial charge is 0.396 e. The number of nitrogens with one attached hydrogen (secondary N) is 1. The molecule has 0 bridgehead atoms. The molecule has 0 fully saturated rings. The molecule has 1 rings (SSSR count). The van der Waals surface area contributed by atoms with Crippen LogP contribution in [0.1, 0.15) is 39.0 Å². The van der Waals surface area contributed by atoms with Gasteiger partial charge in [-0.25, -0.2) is 8.93 Å². The molecule has 0 saturated carbocycles. The Kier molecular flexibility index (Phi) is 5.56. The molecule has 0 unspecified atom stereocenters. The average molecular weight is 354 g/mol. The predicted molar refractivity (Wildman–Crippen MR) is 82.1 cm³/mol. The number of aliphatic hydroxyl groups is 1. The van der Waals surface area contributed by atoms with Crippen molar-refractivity contribution in [3.05, 3.63) is 20.8 Å². The molecule has 0 aliphatic carbocycles. The molecule has 104 valence electrons. The lowest BCUT2D eigenvalue weighted by atomic mass is 9.98. The third-order valence-corrected chi connectivity index (χ3v) is 6.30. The molecule has 0 aliphatic heterocycles.